The quantitative estimate of drug-likeness (QED) is 0.235. The van der Waals surface area contributed by atoms with Crippen LogP contribution >= 0.6 is 35.6 Å². The summed E-state index contributed by atoms with van der Waals surface area (Å²) >= 11 is 6.18. The van der Waals surface area contributed by atoms with Crippen LogP contribution in [-0.4, -0.2) is 56.0 Å². The van der Waals surface area contributed by atoms with Crippen LogP contribution in [0.15, 0.2) is 29.3 Å². The van der Waals surface area contributed by atoms with Crippen molar-refractivity contribution in [2.45, 2.75) is 31.7 Å². The van der Waals surface area contributed by atoms with E-state index in [-0.39, 0.29) is 29.9 Å². The van der Waals surface area contributed by atoms with Gasteiger partial charge in [0, 0.05) is 37.7 Å². The molecule has 0 unspecified atom stereocenters. The number of aryl methyl sites for hydroxylation is 1. The maximum Gasteiger partial charge on any atom is 0.231 e. The minimum absolute atomic E-state index is 0. The third-order valence-corrected chi connectivity index (χ3v) is 4.77. The number of piperidine rings is 1. The van der Waals surface area contributed by atoms with Crippen molar-refractivity contribution in [1.29, 1.82) is 0 Å². The Hall–Kier alpha value is -1.06. The normalized spacial score (nSPS) is 16.0. The fourth-order valence-electron chi connectivity index (χ4n) is 3.03. The van der Waals surface area contributed by atoms with Crippen LogP contribution in [0.3, 0.4) is 0 Å². The molecule has 0 aliphatic carbocycles. The van der Waals surface area contributed by atoms with Crippen LogP contribution in [0.1, 0.15) is 24.8 Å². The third-order valence-electron chi connectivity index (χ3n) is 4.40. The summed E-state index contributed by atoms with van der Waals surface area (Å²) in [4.78, 5) is 17.4. The Bertz CT molecular complexity index is 591. The maximum absolute atomic E-state index is 11.0. The van der Waals surface area contributed by atoms with Gasteiger partial charge < -0.3 is 16.4 Å². The molecule has 6 nitrogen and oxygen atoms in total. The lowest BCUT2D eigenvalue weighted by Crippen LogP contribution is -2.49. The molecule has 26 heavy (non-hydrogen) atoms. The predicted molar refractivity (Wildman–Crippen MR) is 118 cm³/mol. The summed E-state index contributed by atoms with van der Waals surface area (Å²) in [6, 6.07) is 8.33. The van der Waals surface area contributed by atoms with Gasteiger partial charge in [-0.2, -0.15) is 0 Å². The lowest BCUT2D eigenvalue weighted by Gasteiger charge is -2.32. The molecule has 0 atom stereocenters. The number of nitrogens with one attached hydrogen (secondary N) is 2. The molecule has 2 rings (SSSR count). The molecule has 1 aliphatic rings. The fraction of sp³-hybridized carbons (Fsp3) is 0.556. The second-order valence-electron chi connectivity index (χ2n) is 6.36. The van der Waals surface area contributed by atoms with Crippen molar-refractivity contribution in [1.82, 2.24) is 15.5 Å². The molecule has 1 heterocycles. The highest BCUT2D eigenvalue weighted by molar-refractivity contribution is 14.0. The average molecular weight is 494 g/mol. The summed E-state index contributed by atoms with van der Waals surface area (Å²) in [5.74, 6) is 0.565. The second-order valence-corrected chi connectivity index (χ2v) is 6.76. The van der Waals surface area contributed by atoms with Gasteiger partial charge in [0.25, 0.3) is 0 Å². The number of carbonyl (C=O) groups excluding carboxylic acids is 1. The van der Waals surface area contributed by atoms with Crippen molar-refractivity contribution >= 4 is 47.4 Å². The van der Waals surface area contributed by atoms with E-state index in [1.54, 1.807) is 7.05 Å². The van der Waals surface area contributed by atoms with E-state index >= 15 is 0 Å². The molecular weight excluding hydrogens is 465 g/mol. The van der Waals surface area contributed by atoms with Gasteiger partial charge in [-0.05, 0) is 37.3 Å². The molecule has 4 N–H and O–H groups in total. The molecule has 0 bridgehead atoms. The van der Waals surface area contributed by atoms with E-state index in [1.807, 2.05) is 18.2 Å². The van der Waals surface area contributed by atoms with Gasteiger partial charge in [0.2, 0.25) is 5.91 Å². The number of nitrogens with zero attached hydrogens (tertiary/aromatic N) is 2. The Balaban J connectivity index is 0.00000338. The average Bonchev–Trinajstić information content (AvgIpc) is 2.60. The molecule has 1 aromatic carbocycles. The number of aliphatic imine (C=N–C) groups is 1. The lowest BCUT2D eigenvalue weighted by atomic mass is 10.1. The number of nitrogens with two attached hydrogens (primary N) is 1. The summed E-state index contributed by atoms with van der Waals surface area (Å²) < 4.78 is 0. The van der Waals surface area contributed by atoms with Crippen LogP contribution in [-0.2, 0) is 11.2 Å². The van der Waals surface area contributed by atoms with Gasteiger partial charge in [0.15, 0.2) is 5.96 Å². The van der Waals surface area contributed by atoms with Crippen molar-refractivity contribution in [2.75, 3.05) is 33.2 Å². The highest BCUT2D eigenvalue weighted by atomic mass is 127. The zero-order valence-electron chi connectivity index (χ0n) is 15.2. The van der Waals surface area contributed by atoms with Crippen molar-refractivity contribution < 1.29 is 4.79 Å². The zero-order valence-corrected chi connectivity index (χ0v) is 18.3. The number of hydrogen-bond acceptors (Lipinski definition) is 3. The number of halogens is 2. The predicted octanol–water partition coefficient (Wildman–Crippen LogP) is 2.01. The van der Waals surface area contributed by atoms with Crippen LogP contribution in [0.2, 0.25) is 5.02 Å². The topological polar surface area (TPSA) is 82.8 Å². The van der Waals surface area contributed by atoms with Crippen molar-refractivity contribution in [3.8, 4) is 0 Å². The van der Waals surface area contributed by atoms with Crippen molar-refractivity contribution in [3.63, 3.8) is 0 Å². The second kappa shape index (κ2) is 12.3. The Kier molecular flexibility index (Phi) is 10.9. The standard InChI is InChI=1S/C18H28ClN5O.HI/c1-21-18(22-10-4-6-14-5-2-3-7-16(14)19)23-15-8-11-24(12-9-15)13-17(20)25;/h2-3,5,7,15H,4,6,8-13H2,1H3,(H2,20,25)(H2,21,22,23);1H. The van der Waals surface area contributed by atoms with Gasteiger partial charge in [-0.25, -0.2) is 0 Å². The molecule has 0 aromatic heterocycles. The maximum atomic E-state index is 11.0. The summed E-state index contributed by atoms with van der Waals surface area (Å²) in [6.45, 7) is 2.95. The van der Waals surface area contributed by atoms with E-state index in [0.717, 1.165) is 56.3 Å². The van der Waals surface area contributed by atoms with E-state index in [9.17, 15) is 4.79 Å². The van der Waals surface area contributed by atoms with Gasteiger partial charge in [0.1, 0.15) is 0 Å². The van der Waals surface area contributed by atoms with Crippen LogP contribution in [0.4, 0.5) is 0 Å². The van der Waals surface area contributed by atoms with Crippen LogP contribution < -0.4 is 16.4 Å². The van der Waals surface area contributed by atoms with Crippen LogP contribution in [0.25, 0.3) is 0 Å². The minimum Gasteiger partial charge on any atom is -0.369 e. The number of primary amides is 1. The first-order chi connectivity index (χ1) is 12.1. The van der Waals surface area contributed by atoms with E-state index in [4.69, 9.17) is 17.3 Å². The summed E-state index contributed by atoms with van der Waals surface area (Å²) in [6.07, 6.45) is 3.89. The van der Waals surface area contributed by atoms with Crippen LogP contribution in [0, 0.1) is 0 Å². The van der Waals surface area contributed by atoms with Crippen molar-refractivity contribution in [2.24, 2.45) is 10.7 Å². The molecule has 146 valence electrons. The van der Waals surface area contributed by atoms with Gasteiger partial charge >= 0.3 is 0 Å². The van der Waals surface area contributed by atoms with Crippen molar-refractivity contribution in [3.05, 3.63) is 34.9 Å². The largest absolute Gasteiger partial charge is 0.369 e. The molecular formula is C18H29ClIN5O. The SMILES string of the molecule is CN=C(NCCCc1ccccc1Cl)NC1CCN(CC(N)=O)CC1.I. The molecule has 1 aromatic rings. The third kappa shape index (κ3) is 8.09. The van der Waals surface area contributed by atoms with Gasteiger partial charge in [-0.1, -0.05) is 29.8 Å². The molecule has 8 heteroatoms. The molecule has 1 amide bonds. The van der Waals surface area contributed by atoms with Gasteiger partial charge in [-0.3, -0.25) is 14.7 Å². The number of hydrogen-bond donors (Lipinski definition) is 3. The first kappa shape index (κ1) is 23.0. The smallest absolute Gasteiger partial charge is 0.231 e. The molecule has 1 aliphatic heterocycles. The van der Waals surface area contributed by atoms with Gasteiger partial charge in [0.05, 0.1) is 6.54 Å². The van der Waals surface area contributed by atoms with E-state index in [0.29, 0.717) is 12.6 Å². The summed E-state index contributed by atoms with van der Waals surface area (Å²) in [5.41, 5.74) is 6.42. The molecule has 1 fully saturated rings. The highest BCUT2D eigenvalue weighted by Crippen LogP contribution is 2.16. The van der Waals surface area contributed by atoms with Crippen LogP contribution in [0.5, 0.6) is 0 Å². The first-order valence-corrected chi connectivity index (χ1v) is 9.17. The molecule has 0 saturated carbocycles. The van der Waals surface area contributed by atoms with E-state index in [2.05, 4.69) is 26.6 Å². The number of amides is 1. The molecule has 0 spiro atoms. The molecule has 1 saturated heterocycles. The Morgan fingerprint density at radius 3 is 2.65 bits per heavy atom. The highest BCUT2D eigenvalue weighted by Gasteiger charge is 2.20. The fourth-order valence-corrected chi connectivity index (χ4v) is 3.26. The number of rotatable bonds is 7. The van der Waals surface area contributed by atoms with E-state index in [1.165, 1.54) is 5.56 Å². The zero-order chi connectivity index (χ0) is 18.1. The van der Waals surface area contributed by atoms with E-state index < -0.39 is 0 Å². The number of benzene rings is 1. The minimum atomic E-state index is -0.262. The number of carbonyl (C=O) groups is 1. The summed E-state index contributed by atoms with van der Waals surface area (Å²) in [7, 11) is 1.78. The molecule has 0 radical (unpaired) electrons. The Labute approximate surface area is 178 Å². The Morgan fingerprint density at radius 2 is 2.04 bits per heavy atom. The first-order valence-electron chi connectivity index (χ1n) is 8.79. The van der Waals surface area contributed by atoms with Gasteiger partial charge in [-0.15, -0.1) is 24.0 Å². The monoisotopic (exact) mass is 493 g/mol. The summed E-state index contributed by atoms with van der Waals surface area (Å²) in [5, 5.41) is 7.64. The lowest BCUT2D eigenvalue weighted by molar-refractivity contribution is -0.119. The number of guanidine groups is 1. The Morgan fingerprint density at radius 1 is 1.35 bits per heavy atom. The number of likely N-dealkylation sites (tertiary alicyclic amines) is 1.